The highest BCUT2D eigenvalue weighted by Crippen LogP contribution is 2.44. The molecule has 0 nitrogen and oxygen atoms in total. The minimum atomic E-state index is 0.607. The number of allylic oxidation sites excluding steroid dienone is 4. The van der Waals surface area contributed by atoms with Gasteiger partial charge in [-0.1, -0.05) is 94.8 Å². The lowest BCUT2D eigenvalue weighted by atomic mass is 9.90. The van der Waals surface area contributed by atoms with Gasteiger partial charge in [-0.2, -0.15) is 0 Å². The summed E-state index contributed by atoms with van der Waals surface area (Å²) in [6.07, 6.45) is 11.4. The van der Waals surface area contributed by atoms with Crippen LogP contribution in [-0.4, -0.2) is 0 Å². The summed E-state index contributed by atoms with van der Waals surface area (Å²) in [4.78, 5) is 0. The van der Waals surface area contributed by atoms with Crippen LogP contribution in [0.4, 0.5) is 0 Å². The third-order valence-corrected chi connectivity index (χ3v) is 6.50. The molecule has 0 fully saturated rings. The van der Waals surface area contributed by atoms with Crippen molar-refractivity contribution < 1.29 is 0 Å². The molecule has 0 heteroatoms. The SMILES string of the molecule is CC(C)CC1=CC(CCCC2C=C(CC(C)C)c3ccccc32)c2ccccc21. The van der Waals surface area contributed by atoms with Crippen molar-refractivity contribution >= 4 is 11.1 Å². The lowest BCUT2D eigenvalue weighted by molar-refractivity contribution is 0.611. The summed E-state index contributed by atoms with van der Waals surface area (Å²) in [6, 6.07) is 18.2. The van der Waals surface area contributed by atoms with Gasteiger partial charge in [0.05, 0.1) is 0 Å². The van der Waals surface area contributed by atoms with Gasteiger partial charge in [-0.3, -0.25) is 0 Å². The predicted octanol–water partition coefficient (Wildman–Crippen LogP) is 8.61. The molecule has 2 aliphatic carbocycles. The Kier molecular flexibility index (Phi) is 6.09. The second kappa shape index (κ2) is 8.74. The van der Waals surface area contributed by atoms with E-state index in [4.69, 9.17) is 0 Å². The Morgan fingerprint density at radius 1 is 0.621 bits per heavy atom. The fourth-order valence-electron chi connectivity index (χ4n) is 5.34. The maximum Gasteiger partial charge on any atom is 0.00300 e. The first kappa shape index (κ1) is 20.2. The van der Waals surface area contributed by atoms with Crippen LogP contribution in [0.25, 0.3) is 11.1 Å². The molecule has 0 spiro atoms. The summed E-state index contributed by atoms with van der Waals surface area (Å²) in [5.74, 6) is 2.64. The first-order chi connectivity index (χ1) is 14.0. The van der Waals surface area contributed by atoms with Crippen LogP contribution < -0.4 is 0 Å². The van der Waals surface area contributed by atoms with E-state index in [1.807, 2.05) is 0 Å². The van der Waals surface area contributed by atoms with Crippen molar-refractivity contribution in [2.45, 2.75) is 71.6 Å². The highest BCUT2D eigenvalue weighted by molar-refractivity contribution is 5.75. The Morgan fingerprint density at radius 3 is 1.45 bits per heavy atom. The van der Waals surface area contributed by atoms with E-state index in [1.165, 1.54) is 43.2 Å². The van der Waals surface area contributed by atoms with Crippen molar-refractivity contribution in [3.05, 3.63) is 82.9 Å². The van der Waals surface area contributed by atoms with Crippen molar-refractivity contribution in [2.24, 2.45) is 11.8 Å². The van der Waals surface area contributed by atoms with Crippen LogP contribution in [0, 0.1) is 11.8 Å². The highest BCUT2D eigenvalue weighted by atomic mass is 14.3. The van der Waals surface area contributed by atoms with Gasteiger partial charge in [0.25, 0.3) is 0 Å². The molecule has 0 radical (unpaired) electrons. The monoisotopic (exact) mass is 384 g/mol. The Hall–Kier alpha value is -2.08. The number of benzene rings is 2. The second-order valence-corrected chi connectivity index (χ2v) is 9.90. The molecular weight excluding hydrogens is 348 g/mol. The summed E-state index contributed by atoms with van der Waals surface area (Å²) in [6.45, 7) is 9.32. The fraction of sp³-hybridized carbons (Fsp3) is 0.448. The van der Waals surface area contributed by atoms with Crippen LogP contribution >= 0.6 is 0 Å². The number of fused-ring (bicyclic) bond motifs is 2. The standard InChI is InChI=1S/C29H36/c1-20(2)16-24-18-22(26-12-5-7-14-28(24)26)10-9-11-23-19-25(17-21(3)4)29-15-8-6-13-27(23)29/h5-8,12-15,18-23H,9-11,16-17H2,1-4H3. The molecule has 0 aliphatic heterocycles. The van der Waals surface area contributed by atoms with Gasteiger partial charge in [0.1, 0.15) is 0 Å². The van der Waals surface area contributed by atoms with Gasteiger partial charge in [-0.15, -0.1) is 0 Å². The quantitative estimate of drug-likeness (QED) is 0.427. The van der Waals surface area contributed by atoms with E-state index in [0.717, 1.165) is 0 Å². The Morgan fingerprint density at radius 2 is 1.03 bits per heavy atom. The smallest absolute Gasteiger partial charge is 0.00300 e. The molecule has 152 valence electrons. The molecule has 0 amide bonds. The van der Waals surface area contributed by atoms with Gasteiger partial charge in [-0.25, -0.2) is 0 Å². The molecule has 0 saturated carbocycles. The molecule has 2 aliphatic rings. The molecule has 2 aromatic rings. The van der Waals surface area contributed by atoms with Crippen LogP contribution in [-0.2, 0) is 0 Å². The zero-order valence-electron chi connectivity index (χ0n) is 18.6. The van der Waals surface area contributed by atoms with E-state index in [9.17, 15) is 0 Å². The van der Waals surface area contributed by atoms with Gasteiger partial charge >= 0.3 is 0 Å². The molecule has 29 heavy (non-hydrogen) atoms. The highest BCUT2D eigenvalue weighted by Gasteiger charge is 2.25. The van der Waals surface area contributed by atoms with Gasteiger partial charge in [0.2, 0.25) is 0 Å². The van der Waals surface area contributed by atoms with E-state index in [-0.39, 0.29) is 0 Å². The molecular formula is C29H36. The summed E-state index contributed by atoms with van der Waals surface area (Å²) in [7, 11) is 0. The van der Waals surface area contributed by atoms with Crippen LogP contribution in [0.5, 0.6) is 0 Å². The topological polar surface area (TPSA) is 0 Å². The van der Waals surface area contributed by atoms with Gasteiger partial charge in [0, 0.05) is 11.8 Å². The molecule has 2 unspecified atom stereocenters. The summed E-state index contributed by atoms with van der Waals surface area (Å²) in [5.41, 5.74) is 9.29. The maximum atomic E-state index is 2.58. The molecule has 4 rings (SSSR count). The average Bonchev–Trinajstić information content (AvgIpc) is 3.20. The maximum absolute atomic E-state index is 2.58. The number of hydrogen-bond acceptors (Lipinski definition) is 0. The van der Waals surface area contributed by atoms with Crippen molar-refractivity contribution in [3.8, 4) is 0 Å². The lowest BCUT2D eigenvalue weighted by Gasteiger charge is -2.14. The number of hydrogen-bond donors (Lipinski definition) is 0. The van der Waals surface area contributed by atoms with Gasteiger partial charge < -0.3 is 0 Å². The predicted molar refractivity (Wildman–Crippen MR) is 127 cm³/mol. The minimum Gasteiger partial charge on any atom is -0.0732 e. The lowest BCUT2D eigenvalue weighted by Crippen LogP contribution is -1.97. The Balaban J connectivity index is 1.44. The molecule has 0 aromatic heterocycles. The molecule has 0 N–H and O–H groups in total. The second-order valence-electron chi connectivity index (χ2n) is 9.90. The first-order valence-electron chi connectivity index (χ1n) is 11.6. The number of rotatable bonds is 8. The van der Waals surface area contributed by atoms with Gasteiger partial charge in [-0.05, 0) is 70.9 Å². The molecule has 0 bridgehead atoms. The summed E-state index contributed by atoms with van der Waals surface area (Å²) in [5, 5.41) is 0. The van der Waals surface area contributed by atoms with Crippen molar-refractivity contribution in [1.29, 1.82) is 0 Å². The van der Waals surface area contributed by atoms with Crippen LogP contribution in [0.1, 0.15) is 93.9 Å². The van der Waals surface area contributed by atoms with Crippen LogP contribution in [0.15, 0.2) is 60.7 Å². The van der Waals surface area contributed by atoms with Crippen molar-refractivity contribution in [3.63, 3.8) is 0 Å². The Bertz CT molecular complexity index is 834. The van der Waals surface area contributed by atoms with Gasteiger partial charge in [0.15, 0.2) is 0 Å². The summed E-state index contributed by atoms with van der Waals surface area (Å²) < 4.78 is 0. The van der Waals surface area contributed by atoms with Crippen molar-refractivity contribution in [2.75, 3.05) is 0 Å². The van der Waals surface area contributed by atoms with Crippen LogP contribution in [0.3, 0.4) is 0 Å². The average molecular weight is 385 g/mol. The van der Waals surface area contributed by atoms with E-state index in [0.29, 0.717) is 23.7 Å². The zero-order chi connectivity index (χ0) is 20.4. The minimum absolute atomic E-state index is 0.607. The largest absolute Gasteiger partial charge is 0.0732 e. The third kappa shape index (κ3) is 4.42. The van der Waals surface area contributed by atoms with E-state index < -0.39 is 0 Å². The van der Waals surface area contributed by atoms with E-state index in [2.05, 4.69) is 88.4 Å². The third-order valence-electron chi connectivity index (χ3n) is 6.50. The van der Waals surface area contributed by atoms with E-state index >= 15 is 0 Å². The van der Waals surface area contributed by atoms with Crippen molar-refractivity contribution in [1.82, 2.24) is 0 Å². The normalized spacial score (nSPS) is 20.1. The molecule has 2 aromatic carbocycles. The molecule has 2 atom stereocenters. The Labute approximate surface area is 177 Å². The summed E-state index contributed by atoms with van der Waals surface area (Å²) >= 11 is 0. The zero-order valence-corrected chi connectivity index (χ0v) is 18.6. The fourth-order valence-corrected chi connectivity index (χ4v) is 5.34. The molecule has 0 saturated heterocycles. The van der Waals surface area contributed by atoms with Crippen LogP contribution in [0.2, 0.25) is 0 Å². The first-order valence-corrected chi connectivity index (χ1v) is 11.6. The molecule has 0 heterocycles. The van der Waals surface area contributed by atoms with E-state index in [1.54, 1.807) is 22.3 Å².